The molecule has 0 N–H and O–H groups in total. The second kappa shape index (κ2) is 26.3. The highest BCUT2D eigenvalue weighted by atomic mass is 16.1. The van der Waals surface area contributed by atoms with E-state index in [1.165, 1.54) is 37.7 Å². The molecule has 7 heteroatoms. The van der Waals surface area contributed by atoms with Crippen LogP contribution in [0.4, 0.5) is 0 Å². The van der Waals surface area contributed by atoms with E-state index in [9.17, 15) is 0 Å². The van der Waals surface area contributed by atoms with Crippen LogP contribution in [0.1, 0.15) is 18.2 Å². The summed E-state index contributed by atoms with van der Waals surface area (Å²) in [5.41, 5.74) is 30.4. The highest BCUT2D eigenvalue weighted by Gasteiger charge is 2.22. The van der Waals surface area contributed by atoms with Gasteiger partial charge in [0.1, 0.15) is 0 Å². The Hall–Kier alpha value is -14.8. The molecule has 0 aliphatic heterocycles. The maximum Gasteiger partial charge on any atom is 0.338 e. The van der Waals surface area contributed by atoms with Gasteiger partial charge in [-0.25, -0.2) is 4.79 Å². The van der Waals surface area contributed by atoms with Crippen molar-refractivity contribution in [2.24, 2.45) is 0 Å². The summed E-state index contributed by atoms with van der Waals surface area (Å²) in [7, 11) is 0. The first kappa shape index (κ1) is 64.6. The van der Waals surface area contributed by atoms with Gasteiger partial charge in [-0.15, -0.1) is 0 Å². The number of fused-ring (bicyclic) bond motifs is 11. The van der Waals surface area contributed by atoms with E-state index >= 15 is 4.79 Å². The number of hydrogen-bond donors (Lipinski definition) is 0. The van der Waals surface area contributed by atoms with E-state index in [-0.39, 0.29) is 5.69 Å². The molecule has 0 bridgehead atoms. The third-order valence-electron chi connectivity index (χ3n) is 22.5. The summed E-state index contributed by atoms with van der Waals surface area (Å²) in [6, 6.07) is 135. The minimum Gasteiger partial charge on any atom is -0.309 e. The van der Waals surface area contributed by atoms with Gasteiger partial charge in [-0.3, -0.25) is 9.13 Å². The second-order valence-corrected chi connectivity index (χ2v) is 28.8. The van der Waals surface area contributed by atoms with Gasteiger partial charge in [0.05, 0.1) is 66.7 Å². The molecule has 0 aliphatic rings. The molecule has 0 radical (unpaired) electrons. The fraction of sp³-hybridized carbons (Fsp3) is 0.00962. The van der Waals surface area contributed by atoms with Crippen molar-refractivity contribution in [3.63, 3.8) is 0 Å². The van der Waals surface area contributed by atoms with Crippen LogP contribution in [0.25, 0.3) is 200 Å². The van der Waals surface area contributed by atoms with Crippen LogP contribution in [0.3, 0.4) is 0 Å². The summed E-state index contributed by atoms with van der Waals surface area (Å²) in [6.07, 6.45) is 6.25. The fourth-order valence-corrected chi connectivity index (χ4v) is 17.5. The predicted molar refractivity (Wildman–Crippen MR) is 466 cm³/mol. The van der Waals surface area contributed by atoms with E-state index in [1.54, 1.807) is 0 Å². The molecule has 0 aliphatic carbocycles. The molecule has 0 atom stereocenters. The van der Waals surface area contributed by atoms with Crippen LogP contribution in [0.15, 0.2) is 394 Å². The van der Waals surface area contributed by atoms with Crippen LogP contribution < -0.4 is 5.69 Å². The Morgan fingerprint density at radius 2 is 0.468 bits per heavy atom. The number of benzene rings is 16. The summed E-state index contributed by atoms with van der Waals surface area (Å²) in [4.78, 5) is 15.6. The molecule has 0 saturated heterocycles. The Morgan fingerprint density at radius 1 is 0.216 bits per heavy atom. The lowest BCUT2D eigenvalue weighted by molar-refractivity contribution is 0.931. The van der Waals surface area contributed by atoms with Crippen molar-refractivity contribution in [1.82, 2.24) is 27.4 Å². The highest BCUT2D eigenvalue weighted by Crippen LogP contribution is 2.43. The SMILES string of the molecule is C=Cc1c(/C=C\C)c2ccccc2n1-c1cccc(-c2cc(-c3ccc(-n4c(=O)n(-c5ccc(-c6cc(-c7cccc(-n8c9ccccc9c9ccccc98)c7)cc(-c7cccc(-n8c9ccccc9c9ccccc98)c7)c6)cc5)c5ccccc54)cc3)cc(-c3cccc(-n4c5ccccc5c5ccccc54)c3)c2)c1. The van der Waals surface area contributed by atoms with Gasteiger partial charge in [0.15, 0.2) is 0 Å². The van der Waals surface area contributed by atoms with Gasteiger partial charge in [0, 0.05) is 66.0 Å². The first-order valence-corrected chi connectivity index (χ1v) is 37.9. The van der Waals surface area contributed by atoms with Crippen LogP contribution >= 0.6 is 0 Å². The van der Waals surface area contributed by atoms with E-state index in [2.05, 4.69) is 396 Å². The second-order valence-electron chi connectivity index (χ2n) is 28.8. The number of para-hydroxylation sites is 9. The maximum absolute atomic E-state index is 15.6. The van der Waals surface area contributed by atoms with Crippen LogP contribution in [-0.2, 0) is 0 Å². The quantitative estimate of drug-likeness (QED) is 0.107. The number of allylic oxidation sites excluding steroid dienone is 1. The largest absolute Gasteiger partial charge is 0.338 e. The average molecular weight is 1420 g/mol. The first-order chi connectivity index (χ1) is 54.9. The number of rotatable bonds is 14. The number of aromatic nitrogens is 6. The zero-order valence-corrected chi connectivity index (χ0v) is 60.8. The summed E-state index contributed by atoms with van der Waals surface area (Å²) >= 11 is 0. The molecular weight excluding hydrogens is 1350 g/mol. The minimum atomic E-state index is -0.160. The van der Waals surface area contributed by atoms with Crippen LogP contribution in [-0.4, -0.2) is 27.4 Å². The Balaban J connectivity index is 0.662. The van der Waals surface area contributed by atoms with Gasteiger partial charge in [0.2, 0.25) is 0 Å². The van der Waals surface area contributed by atoms with Crippen molar-refractivity contribution >= 4 is 99.5 Å². The van der Waals surface area contributed by atoms with Gasteiger partial charge in [-0.1, -0.05) is 231 Å². The van der Waals surface area contributed by atoms with Crippen molar-refractivity contribution in [2.75, 3.05) is 0 Å². The molecule has 7 nitrogen and oxygen atoms in total. The lowest BCUT2D eigenvalue weighted by atomic mass is 9.93. The number of nitrogens with zero attached hydrogens (tertiary/aromatic N) is 6. The zero-order chi connectivity index (χ0) is 73.8. The Labute approximate surface area is 641 Å². The van der Waals surface area contributed by atoms with Gasteiger partial charge in [0.25, 0.3) is 0 Å². The lowest BCUT2D eigenvalue weighted by Crippen LogP contribution is -2.22. The summed E-state index contributed by atoms with van der Waals surface area (Å²) in [5.74, 6) is 0. The van der Waals surface area contributed by atoms with E-state index in [0.29, 0.717) is 0 Å². The van der Waals surface area contributed by atoms with E-state index < -0.39 is 0 Å². The molecule has 5 heterocycles. The molecule has 0 unspecified atom stereocenters. The third-order valence-corrected chi connectivity index (χ3v) is 22.5. The monoisotopic (exact) mass is 1420 g/mol. The minimum absolute atomic E-state index is 0.160. The topological polar surface area (TPSA) is 46.6 Å². The van der Waals surface area contributed by atoms with Crippen LogP contribution in [0, 0.1) is 0 Å². The lowest BCUT2D eigenvalue weighted by Gasteiger charge is -2.15. The van der Waals surface area contributed by atoms with Crippen LogP contribution in [0.2, 0.25) is 0 Å². The molecular formula is C104H70N6O. The predicted octanol–water partition coefficient (Wildman–Crippen LogP) is 26.7. The average Bonchev–Trinajstić information content (AvgIpc) is 1.64. The normalized spacial score (nSPS) is 11.9. The van der Waals surface area contributed by atoms with E-state index in [0.717, 1.165) is 162 Å². The fourth-order valence-electron chi connectivity index (χ4n) is 17.5. The van der Waals surface area contributed by atoms with Crippen LogP contribution in [0.5, 0.6) is 0 Å². The smallest absolute Gasteiger partial charge is 0.309 e. The molecule has 522 valence electrons. The molecule has 0 saturated carbocycles. The van der Waals surface area contributed by atoms with E-state index in [1.807, 2.05) is 39.5 Å². The third kappa shape index (κ3) is 10.7. The van der Waals surface area contributed by atoms with Gasteiger partial charge >= 0.3 is 5.69 Å². The Morgan fingerprint density at radius 3 is 0.757 bits per heavy atom. The summed E-state index contributed by atoms with van der Waals surface area (Å²) in [5, 5.41) is 8.51. The van der Waals surface area contributed by atoms with Gasteiger partial charge < -0.3 is 18.3 Å². The molecule has 0 spiro atoms. The van der Waals surface area contributed by atoms with Crippen molar-refractivity contribution in [2.45, 2.75) is 6.92 Å². The zero-order valence-electron chi connectivity index (χ0n) is 60.8. The molecule has 111 heavy (non-hydrogen) atoms. The van der Waals surface area contributed by atoms with Gasteiger partial charge in [-0.2, -0.15) is 0 Å². The van der Waals surface area contributed by atoms with Crippen molar-refractivity contribution < 1.29 is 0 Å². The van der Waals surface area contributed by atoms with Crippen molar-refractivity contribution in [1.29, 1.82) is 0 Å². The number of hydrogen-bond acceptors (Lipinski definition) is 1. The van der Waals surface area contributed by atoms with Crippen molar-refractivity contribution in [3.8, 4) is 101 Å². The molecule has 21 aromatic rings. The molecule has 0 fully saturated rings. The first-order valence-electron chi connectivity index (χ1n) is 37.9. The highest BCUT2D eigenvalue weighted by molar-refractivity contribution is 6.12. The summed E-state index contributed by atoms with van der Waals surface area (Å²) in [6.45, 7) is 6.40. The van der Waals surface area contributed by atoms with Gasteiger partial charge in [-0.05, 0) is 244 Å². The maximum atomic E-state index is 15.6. The Bertz CT molecular complexity index is 7110. The standard InChI is InChI=1S/C104H70N6O/c1-3-25-86-87-34-5-12-41-95(87)105(94(86)4-2)82-30-21-26-70(64-82)76-58-74(59-77(62-76)71-27-22-31-83(65-71)106-96-42-13-6-35-88(96)89-36-7-14-43-97(89)106)68-50-54-80(55-51-68)109-102-48-19-20-49-103(102)110(104(109)111)81-56-52-69(53-57-81)75-60-78(72-28-23-32-84(66-72)107-98-44-15-8-37-90(98)91-38-9-16-45-99(91)107)63-79(61-75)73-29-24-33-85(67-73)108-100-46-17-10-39-92(100)93-40-11-18-47-101(93)108/h3-67H,2H2,1H3/b25-3-. The number of imidazole rings is 1. The summed E-state index contributed by atoms with van der Waals surface area (Å²) < 4.78 is 13.2. The molecule has 21 rings (SSSR count). The molecule has 16 aromatic carbocycles. The van der Waals surface area contributed by atoms with E-state index in [4.69, 9.17) is 0 Å². The Kier molecular flexibility index (Phi) is 15.3. The molecule has 0 amide bonds. The van der Waals surface area contributed by atoms with Crippen molar-refractivity contribution in [3.05, 3.63) is 411 Å². The molecule has 5 aromatic heterocycles.